The number of aliphatic imine (C=N–C) groups is 1. The van der Waals surface area contributed by atoms with Crippen molar-refractivity contribution in [2.24, 2.45) is 12.0 Å². The van der Waals surface area contributed by atoms with Crippen molar-refractivity contribution in [1.29, 1.82) is 0 Å². The van der Waals surface area contributed by atoms with Gasteiger partial charge in [0, 0.05) is 46.6 Å². The van der Waals surface area contributed by atoms with Gasteiger partial charge in [-0.1, -0.05) is 19.1 Å². The molecule has 0 atom stereocenters. The first kappa shape index (κ1) is 28.5. The molecule has 0 spiro atoms. The normalized spacial score (nSPS) is 14.9. The van der Waals surface area contributed by atoms with Crippen LogP contribution in [0, 0.1) is 5.82 Å². The highest BCUT2D eigenvalue weighted by Gasteiger charge is 2.20. The van der Waals surface area contributed by atoms with Gasteiger partial charge in [0.05, 0.1) is 5.56 Å². The smallest absolute Gasteiger partial charge is 0.259 e. The Labute approximate surface area is 242 Å². The van der Waals surface area contributed by atoms with Gasteiger partial charge in [-0.15, -0.1) is 11.8 Å². The van der Waals surface area contributed by atoms with Gasteiger partial charge in [0.15, 0.2) is 0 Å². The van der Waals surface area contributed by atoms with E-state index in [2.05, 4.69) is 51.1 Å². The number of thioether (sulfide) groups is 1. The van der Waals surface area contributed by atoms with E-state index in [1.807, 2.05) is 19.1 Å². The second-order valence-electron chi connectivity index (χ2n) is 10.2. The molecule has 0 saturated carbocycles. The van der Waals surface area contributed by atoms with Crippen LogP contribution in [0.1, 0.15) is 36.8 Å². The maximum atomic E-state index is 15.2. The first-order valence-electron chi connectivity index (χ1n) is 13.5. The lowest BCUT2D eigenvalue weighted by Gasteiger charge is -2.29. The predicted molar refractivity (Wildman–Crippen MR) is 167 cm³/mol. The number of likely N-dealkylation sites (tertiary alicyclic amines) is 1. The zero-order chi connectivity index (χ0) is 29.1. The maximum Gasteiger partial charge on any atom is 0.259 e. The second kappa shape index (κ2) is 12.2. The minimum absolute atomic E-state index is 0.0908. The maximum absolute atomic E-state index is 15.2. The molecule has 41 heavy (non-hydrogen) atoms. The highest BCUT2D eigenvalue weighted by molar-refractivity contribution is 8.08. The van der Waals surface area contributed by atoms with Gasteiger partial charge in [-0.3, -0.25) is 14.4 Å². The van der Waals surface area contributed by atoms with E-state index in [0.29, 0.717) is 33.6 Å². The van der Waals surface area contributed by atoms with Gasteiger partial charge in [0.25, 0.3) is 5.56 Å². The molecule has 0 bridgehead atoms. The molecule has 1 aliphatic rings. The Bertz CT molecular complexity index is 1680. The number of pyridine rings is 1. The first-order chi connectivity index (χ1) is 19.8. The number of rotatable bonds is 8. The highest BCUT2D eigenvalue weighted by Crippen LogP contribution is 2.37. The SMILES string of the molecule is C=N/C=C(\SCC)c1cc(O)c(-c2cc3cnc(Nc4ccc(C5CCN(C)CC5)cc4)nc3n(C)c2=O)cc1F. The molecule has 10 heteroatoms. The molecule has 0 unspecified atom stereocenters. The molecule has 2 aromatic carbocycles. The largest absolute Gasteiger partial charge is 0.507 e. The average molecular weight is 573 g/mol. The van der Waals surface area contributed by atoms with E-state index in [4.69, 9.17) is 0 Å². The van der Waals surface area contributed by atoms with Crippen LogP contribution < -0.4 is 10.9 Å². The Kier molecular flexibility index (Phi) is 8.51. The molecule has 1 saturated heterocycles. The minimum Gasteiger partial charge on any atom is -0.507 e. The van der Waals surface area contributed by atoms with Crippen molar-refractivity contribution >= 4 is 46.1 Å². The first-order valence-corrected chi connectivity index (χ1v) is 14.5. The molecule has 1 aliphatic heterocycles. The molecule has 2 aromatic heterocycles. The number of fused-ring (bicyclic) bond motifs is 1. The van der Waals surface area contributed by atoms with E-state index in [1.54, 1.807) is 19.3 Å². The Morgan fingerprint density at radius 1 is 1.20 bits per heavy atom. The second-order valence-corrected chi connectivity index (χ2v) is 11.5. The van der Waals surface area contributed by atoms with Crippen molar-refractivity contribution in [3.05, 3.63) is 82.2 Å². The molecule has 8 nitrogen and oxygen atoms in total. The number of hydrogen-bond acceptors (Lipinski definition) is 8. The number of phenols is 1. The number of halogens is 1. The number of nitrogens with one attached hydrogen (secondary N) is 1. The Morgan fingerprint density at radius 3 is 2.61 bits per heavy atom. The molecule has 5 rings (SSSR count). The van der Waals surface area contributed by atoms with Gasteiger partial charge in [-0.05, 0) is 87.3 Å². The Balaban J connectivity index is 1.42. The van der Waals surface area contributed by atoms with Gasteiger partial charge in [-0.25, -0.2) is 9.37 Å². The van der Waals surface area contributed by atoms with Crippen molar-refractivity contribution in [2.45, 2.75) is 25.7 Å². The zero-order valence-corrected chi connectivity index (χ0v) is 24.2. The number of nitrogens with zero attached hydrogens (tertiary/aromatic N) is 5. The Morgan fingerprint density at radius 2 is 1.93 bits per heavy atom. The number of aromatic nitrogens is 3. The lowest BCUT2D eigenvalue weighted by molar-refractivity contribution is 0.255. The number of hydrogen-bond donors (Lipinski definition) is 2. The lowest BCUT2D eigenvalue weighted by atomic mass is 9.89. The van der Waals surface area contributed by atoms with Crippen LogP contribution in [0.3, 0.4) is 0 Å². The molecular weight excluding hydrogens is 539 g/mol. The molecular formula is C31H33FN6O2S. The fraction of sp³-hybridized carbons (Fsp3) is 0.290. The zero-order valence-electron chi connectivity index (χ0n) is 23.4. The summed E-state index contributed by atoms with van der Waals surface area (Å²) >= 11 is 1.38. The standard InChI is InChI=1S/C31H33FN6O2S/c1-5-41-28(18-33-2)25-16-27(39)23(15-26(25)32)24-14-21-17-34-31(36-29(21)38(4)30(24)40)35-22-8-6-19(7-9-22)20-10-12-37(3)13-11-20/h6-9,14-18,20,39H,2,5,10-13H2,1,3-4H3,(H,34,35,36)/b28-18-. The molecule has 1 fully saturated rings. The number of phenolic OH excluding ortho intramolecular Hbond substituents is 1. The topological polar surface area (TPSA) is 95.6 Å². The van der Waals surface area contributed by atoms with Crippen molar-refractivity contribution in [1.82, 2.24) is 19.4 Å². The number of benzene rings is 2. The summed E-state index contributed by atoms with van der Waals surface area (Å²) in [5.41, 5.74) is 2.61. The fourth-order valence-corrected chi connectivity index (χ4v) is 5.97. The number of anilines is 2. The fourth-order valence-electron chi connectivity index (χ4n) is 5.20. The lowest BCUT2D eigenvalue weighted by Crippen LogP contribution is -2.29. The van der Waals surface area contributed by atoms with Crippen LogP contribution in [0.5, 0.6) is 5.75 Å². The molecule has 212 valence electrons. The van der Waals surface area contributed by atoms with E-state index in [9.17, 15) is 9.90 Å². The van der Waals surface area contributed by atoms with Crippen molar-refractivity contribution in [2.75, 3.05) is 31.2 Å². The van der Waals surface area contributed by atoms with Crippen LogP contribution in [-0.4, -0.2) is 57.1 Å². The summed E-state index contributed by atoms with van der Waals surface area (Å²) < 4.78 is 16.6. The summed E-state index contributed by atoms with van der Waals surface area (Å²) in [5.74, 6) is 0.827. The van der Waals surface area contributed by atoms with E-state index in [0.717, 1.165) is 31.6 Å². The summed E-state index contributed by atoms with van der Waals surface area (Å²) in [6.45, 7) is 7.60. The van der Waals surface area contributed by atoms with Gasteiger partial charge in [0.1, 0.15) is 17.2 Å². The van der Waals surface area contributed by atoms with Crippen molar-refractivity contribution < 1.29 is 9.50 Å². The van der Waals surface area contributed by atoms with E-state index < -0.39 is 11.4 Å². The molecule has 2 N–H and O–H groups in total. The number of piperidine rings is 1. The van der Waals surface area contributed by atoms with Crippen LogP contribution in [0.2, 0.25) is 0 Å². The predicted octanol–water partition coefficient (Wildman–Crippen LogP) is 6.15. The molecule has 0 radical (unpaired) electrons. The quantitative estimate of drug-likeness (QED) is 0.245. The third kappa shape index (κ3) is 6.03. The van der Waals surface area contributed by atoms with Gasteiger partial charge in [-0.2, -0.15) is 4.98 Å². The summed E-state index contributed by atoms with van der Waals surface area (Å²) in [6, 6.07) is 12.4. The number of aryl methyl sites for hydroxylation is 1. The summed E-state index contributed by atoms with van der Waals surface area (Å²) in [6.07, 6.45) is 5.37. The van der Waals surface area contributed by atoms with Crippen LogP contribution in [-0.2, 0) is 7.05 Å². The average Bonchev–Trinajstić information content (AvgIpc) is 2.97. The van der Waals surface area contributed by atoms with Gasteiger partial charge < -0.3 is 15.3 Å². The Hall–Kier alpha value is -4.02. The summed E-state index contributed by atoms with van der Waals surface area (Å²) in [7, 11) is 3.76. The third-order valence-electron chi connectivity index (χ3n) is 7.45. The third-order valence-corrected chi connectivity index (χ3v) is 8.38. The molecule has 4 aromatic rings. The van der Waals surface area contributed by atoms with Crippen LogP contribution in [0.4, 0.5) is 16.0 Å². The summed E-state index contributed by atoms with van der Waals surface area (Å²) in [4.78, 5) is 29.0. The van der Waals surface area contributed by atoms with Crippen molar-refractivity contribution in [3.8, 4) is 16.9 Å². The van der Waals surface area contributed by atoms with E-state index in [1.165, 1.54) is 40.2 Å². The minimum atomic E-state index is -0.576. The van der Waals surface area contributed by atoms with Crippen LogP contribution >= 0.6 is 11.8 Å². The van der Waals surface area contributed by atoms with Gasteiger partial charge >= 0.3 is 0 Å². The number of aromatic hydroxyl groups is 1. The van der Waals surface area contributed by atoms with Crippen molar-refractivity contribution in [3.63, 3.8) is 0 Å². The molecule has 0 aliphatic carbocycles. The molecule has 0 amide bonds. The van der Waals surface area contributed by atoms with E-state index in [-0.39, 0.29) is 22.4 Å². The summed E-state index contributed by atoms with van der Waals surface area (Å²) in [5, 5.41) is 14.6. The van der Waals surface area contributed by atoms with E-state index >= 15 is 4.39 Å². The van der Waals surface area contributed by atoms with Crippen LogP contribution in [0.25, 0.3) is 27.1 Å². The highest BCUT2D eigenvalue weighted by atomic mass is 32.2. The van der Waals surface area contributed by atoms with Gasteiger partial charge in [0.2, 0.25) is 5.95 Å². The molecule has 3 heterocycles. The monoisotopic (exact) mass is 572 g/mol. The van der Waals surface area contributed by atoms with Crippen LogP contribution in [0.15, 0.2) is 64.6 Å².